The van der Waals surface area contributed by atoms with E-state index < -0.39 is 23.4 Å². The molecule has 1 amide bonds. The molecule has 1 heterocycles. The van der Waals surface area contributed by atoms with Crippen molar-refractivity contribution in [2.24, 2.45) is 5.73 Å². The van der Waals surface area contributed by atoms with Gasteiger partial charge in [0.2, 0.25) is 5.91 Å². The second-order valence-corrected chi connectivity index (χ2v) is 4.56. The molecule has 6 heteroatoms. The number of aromatic nitrogens is 1. The van der Waals surface area contributed by atoms with Crippen LogP contribution in [0.1, 0.15) is 10.4 Å². The van der Waals surface area contributed by atoms with Crippen molar-refractivity contribution in [1.82, 2.24) is 4.57 Å². The number of benzene rings is 2. The first-order chi connectivity index (χ1) is 9.95. The van der Waals surface area contributed by atoms with E-state index in [-0.39, 0.29) is 11.3 Å². The maximum Gasteiger partial charge on any atom is 0.249 e. The maximum absolute atomic E-state index is 13.6. The molecule has 0 aliphatic heterocycles. The lowest BCUT2D eigenvalue weighted by Crippen LogP contribution is -2.11. The van der Waals surface area contributed by atoms with E-state index in [0.717, 1.165) is 24.3 Å². The third-order valence-electron chi connectivity index (χ3n) is 3.16. The van der Waals surface area contributed by atoms with Gasteiger partial charge in [0.25, 0.3) is 0 Å². The quantitative estimate of drug-likeness (QED) is 0.774. The highest BCUT2D eigenvalue weighted by Crippen LogP contribution is 2.25. The van der Waals surface area contributed by atoms with Crippen LogP contribution in [0, 0.1) is 17.5 Å². The fraction of sp³-hybridized carbons (Fsp3) is 0. The molecule has 2 N–H and O–H groups in total. The van der Waals surface area contributed by atoms with Crippen LogP contribution in [0.2, 0.25) is 0 Å². The minimum Gasteiger partial charge on any atom is -0.366 e. The van der Waals surface area contributed by atoms with Gasteiger partial charge in [0, 0.05) is 17.6 Å². The first-order valence-corrected chi connectivity index (χ1v) is 6.02. The highest BCUT2D eigenvalue weighted by Gasteiger charge is 2.14. The number of primary amides is 1. The second kappa shape index (κ2) is 4.66. The molecule has 0 aliphatic rings. The summed E-state index contributed by atoms with van der Waals surface area (Å²) >= 11 is 0. The average Bonchev–Trinajstić information content (AvgIpc) is 2.79. The number of carbonyl (C=O) groups excluding carboxylic acids is 1. The van der Waals surface area contributed by atoms with E-state index >= 15 is 0 Å². The topological polar surface area (TPSA) is 48.0 Å². The SMILES string of the molecule is NC(=O)c1cc(F)cc2c1ccn2-c1cc(F)cc(F)c1. The summed E-state index contributed by atoms with van der Waals surface area (Å²) in [5, 5.41) is 0.411. The zero-order chi connectivity index (χ0) is 15.1. The zero-order valence-corrected chi connectivity index (χ0v) is 10.6. The van der Waals surface area contributed by atoms with Crippen LogP contribution < -0.4 is 5.73 Å². The van der Waals surface area contributed by atoms with Crippen molar-refractivity contribution in [2.75, 3.05) is 0 Å². The Morgan fingerprint density at radius 2 is 1.57 bits per heavy atom. The van der Waals surface area contributed by atoms with E-state index in [2.05, 4.69) is 0 Å². The molecule has 3 nitrogen and oxygen atoms in total. The maximum atomic E-state index is 13.6. The number of carbonyl (C=O) groups is 1. The Balaban J connectivity index is 2.32. The largest absolute Gasteiger partial charge is 0.366 e. The van der Waals surface area contributed by atoms with Gasteiger partial charge in [0.15, 0.2) is 0 Å². The highest BCUT2D eigenvalue weighted by atomic mass is 19.1. The summed E-state index contributed by atoms with van der Waals surface area (Å²) in [5.74, 6) is -2.94. The van der Waals surface area contributed by atoms with E-state index in [9.17, 15) is 18.0 Å². The van der Waals surface area contributed by atoms with Crippen LogP contribution in [0.5, 0.6) is 0 Å². The number of hydrogen-bond acceptors (Lipinski definition) is 1. The fourth-order valence-electron chi connectivity index (χ4n) is 2.31. The van der Waals surface area contributed by atoms with Crippen molar-refractivity contribution < 1.29 is 18.0 Å². The van der Waals surface area contributed by atoms with Crippen LogP contribution >= 0.6 is 0 Å². The van der Waals surface area contributed by atoms with E-state index in [1.165, 1.54) is 22.9 Å². The Bertz CT molecular complexity index is 850. The number of nitrogens with two attached hydrogens (primary N) is 1. The first kappa shape index (κ1) is 13.2. The molecule has 21 heavy (non-hydrogen) atoms. The average molecular weight is 290 g/mol. The van der Waals surface area contributed by atoms with Gasteiger partial charge in [-0.05, 0) is 30.3 Å². The van der Waals surface area contributed by atoms with Crippen LogP contribution in [0.25, 0.3) is 16.6 Å². The predicted octanol–water partition coefficient (Wildman–Crippen LogP) is 3.15. The van der Waals surface area contributed by atoms with Crippen molar-refractivity contribution in [1.29, 1.82) is 0 Å². The highest BCUT2D eigenvalue weighted by molar-refractivity contribution is 6.06. The number of nitrogens with zero attached hydrogens (tertiary/aromatic N) is 1. The Morgan fingerprint density at radius 1 is 0.952 bits per heavy atom. The third kappa shape index (κ3) is 2.24. The lowest BCUT2D eigenvalue weighted by molar-refractivity contribution is 0.100. The Kier molecular flexibility index (Phi) is 2.94. The molecule has 0 bridgehead atoms. The molecule has 0 saturated heterocycles. The Hall–Kier alpha value is -2.76. The van der Waals surface area contributed by atoms with E-state index in [1.807, 2.05) is 0 Å². The second-order valence-electron chi connectivity index (χ2n) is 4.56. The summed E-state index contributed by atoms with van der Waals surface area (Å²) in [6, 6.07) is 6.70. The molecule has 0 unspecified atom stereocenters. The summed E-state index contributed by atoms with van der Waals surface area (Å²) < 4.78 is 41.6. The lowest BCUT2D eigenvalue weighted by atomic mass is 10.1. The summed E-state index contributed by atoms with van der Waals surface area (Å²) in [6.07, 6.45) is 1.49. The van der Waals surface area contributed by atoms with E-state index in [0.29, 0.717) is 10.9 Å². The summed E-state index contributed by atoms with van der Waals surface area (Å²) in [6.45, 7) is 0. The summed E-state index contributed by atoms with van der Waals surface area (Å²) in [7, 11) is 0. The van der Waals surface area contributed by atoms with Crippen LogP contribution in [0.3, 0.4) is 0 Å². The summed E-state index contributed by atoms with van der Waals surface area (Å²) in [5.41, 5.74) is 5.71. The third-order valence-corrected chi connectivity index (χ3v) is 3.16. The lowest BCUT2D eigenvalue weighted by Gasteiger charge is -2.07. The smallest absolute Gasteiger partial charge is 0.249 e. The van der Waals surface area contributed by atoms with E-state index in [1.54, 1.807) is 0 Å². The molecule has 0 aliphatic carbocycles. The molecule has 0 radical (unpaired) electrons. The van der Waals surface area contributed by atoms with Crippen molar-refractivity contribution in [3.8, 4) is 5.69 Å². The van der Waals surface area contributed by atoms with Crippen LogP contribution in [-0.2, 0) is 0 Å². The number of fused-ring (bicyclic) bond motifs is 1. The standard InChI is InChI=1S/C15H9F3N2O/c16-8-3-9(17)5-11(4-8)20-2-1-12-13(15(19)21)6-10(18)7-14(12)20/h1-7H,(H2,19,21). The Morgan fingerprint density at radius 3 is 2.19 bits per heavy atom. The van der Waals surface area contributed by atoms with Crippen molar-refractivity contribution in [2.45, 2.75) is 0 Å². The van der Waals surface area contributed by atoms with Gasteiger partial charge in [-0.3, -0.25) is 4.79 Å². The normalized spacial score (nSPS) is 11.0. The molecule has 106 valence electrons. The molecule has 0 atom stereocenters. The zero-order valence-electron chi connectivity index (χ0n) is 10.6. The Labute approximate surface area is 117 Å². The first-order valence-electron chi connectivity index (χ1n) is 6.02. The fourth-order valence-corrected chi connectivity index (χ4v) is 2.31. The number of hydrogen-bond donors (Lipinski definition) is 1. The van der Waals surface area contributed by atoms with Gasteiger partial charge in [-0.2, -0.15) is 0 Å². The molecule has 0 fully saturated rings. The van der Waals surface area contributed by atoms with Gasteiger partial charge in [-0.25, -0.2) is 13.2 Å². The van der Waals surface area contributed by atoms with Gasteiger partial charge in [-0.1, -0.05) is 0 Å². The van der Waals surface area contributed by atoms with Gasteiger partial charge >= 0.3 is 0 Å². The molecule has 0 saturated carbocycles. The molecule has 3 aromatic rings. The minimum atomic E-state index is -0.775. The molecule has 2 aromatic carbocycles. The molecule has 0 spiro atoms. The van der Waals surface area contributed by atoms with Crippen molar-refractivity contribution in [3.63, 3.8) is 0 Å². The van der Waals surface area contributed by atoms with Gasteiger partial charge < -0.3 is 10.3 Å². The van der Waals surface area contributed by atoms with Crippen molar-refractivity contribution >= 4 is 16.8 Å². The monoisotopic (exact) mass is 290 g/mol. The van der Waals surface area contributed by atoms with Crippen LogP contribution in [0.4, 0.5) is 13.2 Å². The minimum absolute atomic E-state index is 0.0145. The van der Waals surface area contributed by atoms with Gasteiger partial charge in [-0.15, -0.1) is 0 Å². The number of rotatable bonds is 2. The molecule has 1 aromatic heterocycles. The predicted molar refractivity (Wildman–Crippen MR) is 71.7 cm³/mol. The number of halogens is 3. The molecular formula is C15H9F3N2O. The van der Waals surface area contributed by atoms with Crippen LogP contribution in [0.15, 0.2) is 42.6 Å². The van der Waals surface area contributed by atoms with Gasteiger partial charge in [0.05, 0.1) is 16.8 Å². The van der Waals surface area contributed by atoms with Crippen molar-refractivity contribution in [3.05, 3.63) is 65.6 Å². The number of amides is 1. The molecular weight excluding hydrogens is 281 g/mol. The van der Waals surface area contributed by atoms with Crippen LogP contribution in [-0.4, -0.2) is 10.5 Å². The van der Waals surface area contributed by atoms with Gasteiger partial charge in [0.1, 0.15) is 17.5 Å². The van der Waals surface area contributed by atoms with E-state index in [4.69, 9.17) is 5.73 Å². The summed E-state index contributed by atoms with van der Waals surface area (Å²) in [4.78, 5) is 11.3. The molecule has 3 rings (SSSR count).